The Bertz CT molecular complexity index is 573. The number of aromatic nitrogens is 2. The molecule has 0 saturated heterocycles. The summed E-state index contributed by atoms with van der Waals surface area (Å²) in [6, 6.07) is 0. The third-order valence-electron chi connectivity index (χ3n) is 4.01. The molecule has 0 fully saturated rings. The fourth-order valence-corrected chi connectivity index (χ4v) is 3.54. The zero-order valence-corrected chi connectivity index (χ0v) is 12.8. The number of hydrogen-bond acceptors (Lipinski definition) is 4. The molecule has 0 radical (unpaired) electrons. The lowest BCUT2D eigenvalue weighted by molar-refractivity contribution is 0.431. The third kappa shape index (κ3) is 2.78. The Morgan fingerprint density at radius 3 is 2.68 bits per heavy atom. The summed E-state index contributed by atoms with van der Waals surface area (Å²) >= 11 is 0. The normalized spacial score (nSPS) is 18.3. The summed E-state index contributed by atoms with van der Waals surface area (Å²) in [6.45, 7) is 6.37. The molecule has 2 rings (SSSR count). The van der Waals surface area contributed by atoms with E-state index in [1.165, 1.54) is 0 Å². The van der Waals surface area contributed by atoms with Gasteiger partial charge in [0.25, 0.3) is 0 Å². The van der Waals surface area contributed by atoms with Crippen molar-refractivity contribution in [2.24, 2.45) is 0 Å². The quantitative estimate of drug-likeness (QED) is 0.909. The SMILES string of the molecule is CCS(=O)(=O)CCn1nc2c(c1N)C(C)(C)CCC2. The van der Waals surface area contributed by atoms with E-state index in [0.717, 1.165) is 30.5 Å². The van der Waals surface area contributed by atoms with Crippen LogP contribution in [0.4, 0.5) is 5.82 Å². The molecule has 5 nitrogen and oxygen atoms in total. The van der Waals surface area contributed by atoms with Crippen molar-refractivity contribution in [1.82, 2.24) is 9.78 Å². The first-order valence-electron chi connectivity index (χ1n) is 6.83. The van der Waals surface area contributed by atoms with Crippen LogP contribution in [-0.2, 0) is 28.2 Å². The highest BCUT2D eigenvalue weighted by Crippen LogP contribution is 2.39. The summed E-state index contributed by atoms with van der Waals surface area (Å²) in [5, 5.41) is 4.51. The van der Waals surface area contributed by atoms with Crippen molar-refractivity contribution in [3.63, 3.8) is 0 Å². The van der Waals surface area contributed by atoms with Crippen LogP contribution in [0.2, 0.25) is 0 Å². The van der Waals surface area contributed by atoms with Gasteiger partial charge in [0, 0.05) is 11.3 Å². The van der Waals surface area contributed by atoms with Crippen molar-refractivity contribution in [3.05, 3.63) is 11.3 Å². The van der Waals surface area contributed by atoms with E-state index in [4.69, 9.17) is 5.73 Å². The maximum atomic E-state index is 11.6. The Morgan fingerprint density at radius 2 is 2.11 bits per heavy atom. The van der Waals surface area contributed by atoms with Crippen molar-refractivity contribution in [3.8, 4) is 0 Å². The Kier molecular flexibility index (Phi) is 3.64. The molecule has 19 heavy (non-hydrogen) atoms. The van der Waals surface area contributed by atoms with E-state index < -0.39 is 9.84 Å². The summed E-state index contributed by atoms with van der Waals surface area (Å²) in [4.78, 5) is 0. The maximum Gasteiger partial charge on any atom is 0.151 e. The van der Waals surface area contributed by atoms with Crippen molar-refractivity contribution in [2.45, 2.75) is 52.0 Å². The Morgan fingerprint density at radius 1 is 1.42 bits per heavy atom. The van der Waals surface area contributed by atoms with Gasteiger partial charge in [0.15, 0.2) is 9.84 Å². The molecule has 0 bridgehead atoms. The molecule has 1 aromatic heterocycles. The van der Waals surface area contributed by atoms with Crippen LogP contribution < -0.4 is 5.73 Å². The topological polar surface area (TPSA) is 78.0 Å². The minimum atomic E-state index is -2.98. The molecule has 0 aliphatic heterocycles. The number of nitrogens with two attached hydrogens (primary N) is 1. The van der Waals surface area contributed by atoms with Crippen LogP contribution in [0.3, 0.4) is 0 Å². The lowest BCUT2D eigenvalue weighted by Crippen LogP contribution is -2.24. The van der Waals surface area contributed by atoms with Crippen LogP contribution in [0, 0.1) is 0 Å². The third-order valence-corrected chi connectivity index (χ3v) is 5.69. The molecule has 1 aromatic rings. The van der Waals surface area contributed by atoms with E-state index >= 15 is 0 Å². The number of anilines is 1. The van der Waals surface area contributed by atoms with Crippen molar-refractivity contribution in [1.29, 1.82) is 0 Å². The Labute approximate surface area is 115 Å². The minimum absolute atomic E-state index is 0.0412. The molecular weight excluding hydrogens is 262 g/mol. The average Bonchev–Trinajstić information content (AvgIpc) is 2.65. The lowest BCUT2D eigenvalue weighted by Gasteiger charge is -2.29. The van der Waals surface area contributed by atoms with Gasteiger partial charge in [-0.3, -0.25) is 0 Å². The number of sulfone groups is 1. The molecule has 0 spiro atoms. The first-order valence-corrected chi connectivity index (χ1v) is 8.65. The van der Waals surface area contributed by atoms with Crippen LogP contribution in [-0.4, -0.2) is 29.7 Å². The van der Waals surface area contributed by atoms with Gasteiger partial charge in [-0.05, 0) is 24.7 Å². The Hall–Kier alpha value is -1.04. The van der Waals surface area contributed by atoms with Crippen LogP contribution in [0.5, 0.6) is 0 Å². The summed E-state index contributed by atoms with van der Waals surface area (Å²) in [6.07, 6.45) is 3.16. The molecule has 6 heteroatoms. The number of nitrogens with zero attached hydrogens (tertiary/aromatic N) is 2. The molecule has 2 N–H and O–H groups in total. The minimum Gasteiger partial charge on any atom is -0.384 e. The molecule has 0 unspecified atom stereocenters. The predicted molar refractivity (Wildman–Crippen MR) is 76.9 cm³/mol. The molecule has 0 atom stereocenters. The van der Waals surface area contributed by atoms with Gasteiger partial charge in [0.2, 0.25) is 0 Å². The van der Waals surface area contributed by atoms with Gasteiger partial charge in [0.1, 0.15) is 5.82 Å². The number of nitrogen functional groups attached to an aromatic ring is 1. The fourth-order valence-electron chi connectivity index (χ4n) is 2.80. The monoisotopic (exact) mass is 285 g/mol. The fraction of sp³-hybridized carbons (Fsp3) is 0.769. The van der Waals surface area contributed by atoms with Gasteiger partial charge < -0.3 is 5.73 Å². The maximum absolute atomic E-state index is 11.6. The molecule has 1 heterocycles. The first kappa shape index (κ1) is 14.4. The number of aryl methyl sites for hydroxylation is 2. The standard InChI is InChI=1S/C13H23N3O2S/c1-4-19(17,18)9-8-16-12(14)11-10(15-16)6-5-7-13(11,2)3/h4-9,14H2,1-3H3. The highest BCUT2D eigenvalue weighted by Gasteiger charge is 2.33. The second-order valence-electron chi connectivity index (χ2n) is 5.90. The summed E-state index contributed by atoms with van der Waals surface area (Å²) in [7, 11) is -2.98. The molecule has 1 aliphatic rings. The van der Waals surface area contributed by atoms with E-state index in [0.29, 0.717) is 12.4 Å². The van der Waals surface area contributed by atoms with Crippen molar-refractivity contribution < 1.29 is 8.42 Å². The van der Waals surface area contributed by atoms with Crippen LogP contribution in [0.25, 0.3) is 0 Å². The van der Waals surface area contributed by atoms with Crippen LogP contribution >= 0.6 is 0 Å². The van der Waals surface area contributed by atoms with E-state index in [1.54, 1.807) is 11.6 Å². The summed E-state index contributed by atoms with van der Waals surface area (Å²) in [5.74, 6) is 0.916. The number of rotatable bonds is 4. The lowest BCUT2D eigenvalue weighted by atomic mass is 9.75. The molecule has 0 aromatic carbocycles. The van der Waals surface area contributed by atoms with Crippen LogP contribution in [0.15, 0.2) is 0 Å². The van der Waals surface area contributed by atoms with Gasteiger partial charge in [0.05, 0.1) is 18.0 Å². The zero-order chi connectivity index (χ0) is 14.3. The summed E-state index contributed by atoms with van der Waals surface area (Å²) < 4.78 is 24.8. The van der Waals surface area contributed by atoms with Gasteiger partial charge in [-0.25, -0.2) is 13.1 Å². The number of hydrogen-bond donors (Lipinski definition) is 1. The molecule has 0 saturated carbocycles. The molecule has 0 amide bonds. The summed E-state index contributed by atoms with van der Waals surface area (Å²) in [5.41, 5.74) is 8.38. The van der Waals surface area contributed by atoms with Gasteiger partial charge in [-0.1, -0.05) is 20.8 Å². The van der Waals surface area contributed by atoms with Crippen LogP contribution in [0.1, 0.15) is 44.9 Å². The second-order valence-corrected chi connectivity index (χ2v) is 8.38. The highest BCUT2D eigenvalue weighted by atomic mass is 32.2. The zero-order valence-electron chi connectivity index (χ0n) is 11.9. The van der Waals surface area contributed by atoms with E-state index in [-0.39, 0.29) is 16.9 Å². The van der Waals surface area contributed by atoms with Gasteiger partial charge in [-0.2, -0.15) is 5.10 Å². The smallest absolute Gasteiger partial charge is 0.151 e. The van der Waals surface area contributed by atoms with Gasteiger partial charge >= 0.3 is 0 Å². The molecule has 1 aliphatic carbocycles. The van der Waals surface area contributed by atoms with Crippen molar-refractivity contribution in [2.75, 3.05) is 17.2 Å². The van der Waals surface area contributed by atoms with E-state index in [9.17, 15) is 8.42 Å². The van der Waals surface area contributed by atoms with Crippen molar-refractivity contribution >= 4 is 15.7 Å². The molecular formula is C13H23N3O2S. The highest BCUT2D eigenvalue weighted by molar-refractivity contribution is 7.91. The first-order chi connectivity index (χ1) is 8.77. The second kappa shape index (κ2) is 4.81. The number of fused-ring (bicyclic) bond motifs is 1. The predicted octanol–water partition coefficient (Wildman–Crippen LogP) is 1.51. The van der Waals surface area contributed by atoms with E-state index in [1.807, 2.05) is 0 Å². The average molecular weight is 285 g/mol. The molecule has 108 valence electrons. The largest absolute Gasteiger partial charge is 0.384 e. The van der Waals surface area contributed by atoms with E-state index in [2.05, 4.69) is 18.9 Å². The van der Waals surface area contributed by atoms with Gasteiger partial charge in [-0.15, -0.1) is 0 Å². The Balaban J connectivity index is 2.28.